The molecule has 0 aliphatic carbocycles. The largest absolute Gasteiger partial charge is 0.489 e. The Hall–Kier alpha value is -3.74. The lowest BCUT2D eigenvalue weighted by molar-refractivity contribution is 0.302. The molecular formula is C25H27N5O2. The molecule has 0 atom stereocenters. The van der Waals surface area contributed by atoms with Crippen LogP contribution in [0.1, 0.15) is 35.7 Å². The van der Waals surface area contributed by atoms with Crippen LogP contribution in [0.15, 0.2) is 59.4 Å². The molecule has 2 aromatic heterocycles. The first-order chi connectivity index (χ1) is 15.5. The second-order valence-electron chi connectivity index (χ2n) is 7.90. The van der Waals surface area contributed by atoms with E-state index in [0.717, 1.165) is 52.2 Å². The molecule has 0 saturated heterocycles. The van der Waals surface area contributed by atoms with Crippen LogP contribution in [0.4, 0.5) is 0 Å². The molecule has 4 rings (SSSR count). The smallest absolute Gasteiger partial charge is 0.368 e. The van der Waals surface area contributed by atoms with E-state index >= 15 is 0 Å². The number of aromatic nitrogens is 5. The Balaban J connectivity index is 1.59. The van der Waals surface area contributed by atoms with E-state index in [4.69, 9.17) is 9.72 Å². The highest BCUT2D eigenvalue weighted by atomic mass is 16.5. The van der Waals surface area contributed by atoms with Crippen molar-refractivity contribution in [2.24, 2.45) is 7.05 Å². The summed E-state index contributed by atoms with van der Waals surface area (Å²) in [6.45, 7) is 6.50. The maximum atomic E-state index is 12.4. The highest BCUT2D eigenvalue weighted by Crippen LogP contribution is 2.27. The minimum absolute atomic E-state index is 0.296. The van der Waals surface area contributed by atoms with E-state index in [9.17, 15) is 4.79 Å². The predicted molar refractivity (Wildman–Crippen MR) is 124 cm³/mol. The van der Waals surface area contributed by atoms with Crippen LogP contribution >= 0.6 is 0 Å². The van der Waals surface area contributed by atoms with Crippen LogP contribution < -0.4 is 10.4 Å². The zero-order valence-electron chi connectivity index (χ0n) is 18.9. The van der Waals surface area contributed by atoms with Crippen molar-refractivity contribution >= 4 is 0 Å². The maximum Gasteiger partial charge on any atom is 0.368 e. The third-order valence-electron chi connectivity index (χ3n) is 5.49. The average Bonchev–Trinajstić information content (AvgIpc) is 3.12. The fraction of sp³-hybridized carbons (Fsp3) is 0.280. The lowest BCUT2D eigenvalue weighted by Gasteiger charge is -2.15. The van der Waals surface area contributed by atoms with E-state index in [1.807, 2.05) is 50.2 Å². The molecule has 0 fully saturated rings. The summed E-state index contributed by atoms with van der Waals surface area (Å²) in [6.07, 6.45) is 2.05. The maximum absolute atomic E-state index is 12.4. The van der Waals surface area contributed by atoms with Gasteiger partial charge in [-0.05, 0) is 78.2 Å². The van der Waals surface area contributed by atoms with Crippen molar-refractivity contribution in [1.29, 1.82) is 0 Å². The zero-order valence-corrected chi connectivity index (χ0v) is 18.9. The van der Waals surface area contributed by atoms with Gasteiger partial charge in [-0.1, -0.05) is 31.5 Å². The van der Waals surface area contributed by atoms with E-state index in [1.54, 1.807) is 7.05 Å². The molecular weight excluding hydrogens is 402 g/mol. The van der Waals surface area contributed by atoms with Gasteiger partial charge < -0.3 is 4.74 Å². The molecule has 7 heteroatoms. The average molecular weight is 430 g/mol. The van der Waals surface area contributed by atoms with Crippen molar-refractivity contribution < 1.29 is 4.74 Å². The number of tetrazole rings is 1. The quantitative estimate of drug-likeness (QED) is 0.441. The van der Waals surface area contributed by atoms with Gasteiger partial charge in [0, 0.05) is 23.9 Å². The number of benzene rings is 2. The highest BCUT2D eigenvalue weighted by molar-refractivity contribution is 5.62. The molecule has 7 nitrogen and oxygen atoms in total. The molecule has 0 amide bonds. The first-order valence-corrected chi connectivity index (χ1v) is 10.8. The van der Waals surface area contributed by atoms with Crippen LogP contribution in [0, 0.1) is 13.8 Å². The second-order valence-corrected chi connectivity index (χ2v) is 7.90. The number of pyridine rings is 1. The Morgan fingerprint density at radius 3 is 2.50 bits per heavy atom. The van der Waals surface area contributed by atoms with Crippen LogP contribution in [0.3, 0.4) is 0 Å². The Morgan fingerprint density at radius 1 is 0.969 bits per heavy atom. The van der Waals surface area contributed by atoms with Gasteiger partial charge in [0.25, 0.3) is 0 Å². The summed E-state index contributed by atoms with van der Waals surface area (Å²) in [5.41, 5.74) is 6.46. The monoisotopic (exact) mass is 429 g/mol. The van der Waals surface area contributed by atoms with E-state index in [-0.39, 0.29) is 5.69 Å². The third-order valence-corrected chi connectivity index (χ3v) is 5.49. The van der Waals surface area contributed by atoms with Gasteiger partial charge in [0.15, 0.2) is 0 Å². The van der Waals surface area contributed by atoms with Crippen molar-refractivity contribution in [3.8, 4) is 22.7 Å². The van der Waals surface area contributed by atoms with Gasteiger partial charge in [-0.25, -0.2) is 4.79 Å². The predicted octanol–water partition coefficient (Wildman–Crippen LogP) is 4.18. The summed E-state index contributed by atoms with van der Waals surface area (Å²) in [6, 6.07) is 18.0. The minimum atomic E-state index is -0.296. The number of ether oxygens (including phenoxy) is 1. The molecule has 0 spiro atoms. The van der Waals surface area contributed by atoms with E-state index < -0.39 is 0 Å². The molecule has 164 valence electrons. The fourth-order valence-electron chi connectivity index (χ4n) is 3.69. The van der Waals surface area contributed by atoms with Gasteiger partial charge in [0.05, 0.1) is 11.4 Å². The summed E-state index contributed by atoms with van der Waals surface area (Å²) in [5, 5.41) is 7.80. The molecule has 0 aliphatic rings. The van der Waals surface area contributed by atoms with Crippen LogP contribution in [0.2, 0.25) is 0 Å². The fourth-order valence-corrected chi connectivity index (χ4v) is 3.69. The molecule has 0 bridgehead atoms. The lowest BCUT2D eigenvalue weighted by Crippen LogP contribution is -2.23. The van der Waals surface area contributed by atoms with Crippen LogP contribution in [-0.2, 0) is 20.1 Å². The molecule has 2 heterocycles. The van der Waals surface area contributed by atoms with E-state index in [2.05, 4.69) is 35.5 Å². The van der Waals surface area contributed by atoms with Crippen molar-refractivity contribution in [3.05, 3.63) is 87.5 Å². The van der Waals surface area contributed by atoms with Crippen LogP contribution in [0.25, 0.3) is 16.9 Å². The molecule has 0 unspecified atom stereocenters. The van der Waals surface area contributed by atoms with Gasteiger partial charge in [0.2, 0.25) is 0 Å². The van der Waals surface area contributed by atoms with Gasteiger partial charge >= 0.3 is 5.69 Å². The highest BCUT2D eigenvalue weighted by Gasteiger charge is 2.14. The third kappa shape index (κ3) is 4.32. The van der Waals surface area contributed by atoms with E-state index in [0.29, 0.717) is 12.3 Å². The van der Waals surface area contributed by atoms with Crippen molar-refractivity contribution in [3.63, 3.8) is 0 Å². The molecule has 0 N–H and O–H groups in total. The summed E-state index contributed by atoms with van der Waals surface area (Å²) in [4.78, 5) is 17.1. The zero-order chi connectivity index (χ0) is 22.7. The molecule has 0 radical (unpaired) electrons. The van der Waals surface area contributed by atoms with Gasteiger partial charge in [-0.3, -0.25) is 4.98 Å². The lowest BCUT2D eigenvalue weighted by atomic mass is 10.1. The molecule has 0 saturated carbocycles. The SMILES string of the molecule is CCCc1cccc(-c2ccc(OCc3c(C)cccc3-n3nnn(C)c3=O)c(C)c2)n1. The molecule has 4 aromatic rings. The number of hydrogen-bond acceptors (Lipinski definition) is 5. The summed E-state index contributed by atoms with van der Waals surface area (Å²) >= 11 is 0. The van der Waals surface area contributed by atoms with Gasteiger partial charge in [0.1, 0.15) is 12.4 Å². The van der Waals surface area contributed by atoms with Crippen LogP contribution in [0.5, 0.6) is 5.75 Å². The number of nitrogens with zero attached hydrogens (tertiary/aromatic N) is 5. The standard InChI is InChI=1S/C25H27N5O2/c1-5-8-20-10-7-11-22(26-20)19-13-14-24(18(3)15-19)32-16-21-17(2)9-6-12-23(21)30-25(31)29(4)27-28-30/h6-7,9-15H,5,8,16H2,1-4H3. The summed E-state index contributed by atoms with van der Waals surface area (Å²) < 4.78 is 8.68. The van der Waals surface area contributed by atoms with Gasteiger partial charge in [-0.2, -0.15) is 9.36 Å². The Kier molecular flexibility index (Phi) is 6.16. The van der Waals surface area contributed by atoms with Crippen molar-refractivity contribution in [2.45, 2.75) is 40.2 Å². The van der Waals surface area contributed by atoms with Crippen molar-refractivity contribution in [1.82, 2.24) is 24.8 Å². The second kappa shape index (κ2) is 9.18. The van der Waals surface area contributed by atoms with Gasteiger partial charge in [-0.15, -0.1) is 0 Å². The Bertz CT molecular complexity index is 1310. The first kappa shape index (κ1) is 21.5. The summed E-state index contributed by atoms with van der Waals surface area (Å²) in [7, 11) is 1.58. The Labute approximate surface area is 187 Å². The molecule has 2 aromatic carbocycles. The molecule has 0 aliphatic heterocycles. The normalized spacial score (nSPS) is 11.0. The van der Waals surface area contributed by atoms with Crippen molar-refractivity contribution in [2.75, 3.05) is 0 Å². The minimum Gasteiger partial charge on any atom is -0.489 e. The number of rotatable bonds is 7. The first-order valence-electron chi connectivity index (χ1n) is 10.8. The topological polar surface area (TPSA) is 74.8 Å². The van der Waals surface area contributed by atoms with Crippen LogP contribution in [-0.4, -0.2) is 24.8 Å². The summed E-state index contributed by atoms with van der Waals surface area (Å²) in [5.74, 6) is 0.791. The number of aryl methyl sites for hydroxylation is 4. The number of hydrogen-bond donors (Lipinski definition) is 0. The molecule has 32 heavy (non-hydrogen) atoms. The van der Waals surface area contributed by atoms with E-state index in [1.165, 1.54) is 9.36 Å². The Morgan fingerprint density at radius 2 is 1.78 bits per heavy atom.